The van der Waals surface area contributed by atoms with Gasteiger partial charge in [-0.15, -0.1) is 0 Å². The lowest BCUT2D eigenvalue weighted by Crippen LogP contribution is -2.46. The zero-order chi connectivity index (χ0) is 48.8. The molecule has 1 amide bonds. The minimum atomic E-state index is -0.806. The monoisotopic (exact) mass is 934 g/mol. The van der Waals surface area contributed by atoms with Crippen LogP contribution in [0.4, 0.5) is 0 Å². The van der Waals surface area contributed by atoms with Crippen molar-refractivity contribution in [3.63, 3.8) is 0 Å². The summed E-state index contributed by atoms with van der Waals surface area (Å²) in [5, 5.41) is 23.9. The molecule has 6 nitrogen and oxygen atoms in total. The van der Waals surface area contributed by atoms with Crippen LogP contribution in [-0.2, 0) is 14.3 Å². The fourth-order valence-electron chi connectivity index (χ4n) is 8.26. The number of aliphatic hydroxyl groups excluding tert-OH is 2. The molecule has 3 N–H and O–H groups in total. The molecule has 0 aromatic carbocycles. The molecule has 3 unspecified atom stereocenters. The number of carbonyl (C=O) groups is 2. The van der Waals surface area contributed by atoms with Crippen molar-refractivity contribution in [1.29, 1.82) is 0 Å². The van der Waals surface area contributed by atoms with Crippen molar-refractivity contribution in [2.75, 3.05) is 6.61 Å². The standard InChI is InChI=1S/C61H107NO5/c1-4-7-10-13-16-19-22-25-28-30-33-36-39-42-45-48-51-54-61(66)67-57(52-49-46-43-40-37-34-32-29-26-23-20-17-14-11-8-5-2)55-60(65)62-58(56-63)59(64)53-50-47-44-41-38-35-31-27-24-21-18-15-12-9-6-3/h11,14,16-17,19-20,23,25-26,28-29,32,34,37,57-59,63-64H,4-10,12-13,15,18,21-22,24,27,30-31,33,35-36,38-56H2,1-3H3,(H,62,65)/b14-11+,19-16-,20-17+,26-23+,28-25-,32-29+,37-34+. The van der Waals surface area contributed by atoms with E-state index in [9.17, 15) is 19.8 Å². The summed E-state index contributed by atoms with van der Waals surface area (Å²) in [6.07, 6.45) is 70.6. The molecular formula is C61H107NO5. The van der Waals surface area contributed by atoms with Crippen LogP contribution in [0.15, 0.2) is 85.1 Å². The molecule has 0 bridgehead atoms. The van der Waals surface area contributed by atoms with E-state index < -0.39 is 18.2 Å². The predicted octanol–water partition coefficient (Wildman–Crippen LogP) is 17.5. The summed E-state index contributed by atoms with van der Waals surface area (Å²) in [7, 11) is 0. The largest absolute Gasteiger partial charge is 0.462 e. The first kappa shape index (κ1) is 64.0. The Morgan fingerprint density at radius 2 is 0.851 bits per heavy atom. The maximum absolute atomic E-state index is 13.3. The lowest BCUT2D eigenvalue weighted by Gasteiger charge is -2.24. The molecule has 0 aliphatic rings. The minimum Gasteiger partial charge on any atom is -0.462 e. The van der Waals surface area contributed by atoms with E-state index in [1.165, 1.54) is 135 Å². The number of ether oxygens (including phenoxy) is 1. The molecule has 0 aromatic rings. The number of hydrogen-bond donors (Lipinski definition) is 3. The van der Waals surface area contributed by atoms with Gasteiger partial charge in [-0.1, -0.05) is 260 Å². The van der Waals surface area contributed by atoms with Crippen molar-refractivity contribution in [1.82, 2.24) is 5.32 Å². The van der Waals surface area contributed by atoms with Gasteiger partial charge in [0.2, 0.25) is 5.91 Å². The van der Waals surface area contributed by atoms with Gasteiger partial charge in [-0.3, -0.25) is 9.59 Å². The second-order valence-corrected chi connectivity index (χ2v) is 19.1. The van der Waals surface area contributed by atoms with Crippen LogP contribution in [0.1, 0.15) is 265 Å². The van der Waals surface area contributed by atoms with Crippen molar-refractivity contribution < 1.29 is 24.5 Å². The molecule has 6 heteroatoms. The van der Waals surface area contributed by atoms with Crippen LogP contribution in [0.2, 0.25) is 0 Å². The Morgan fingerprint density at radius 3 is 1.37 bits per heavy atom. The fraction of sp³-hybridized carbons (Fsp3) is 0.738. The molecule has 0 saturated carbocycles. The molecule has 0 fully saturated rings. The van der Waals surface area contributed by atoms with Crippen LogP contribution in [0.25, 0.3) is 0 Å². The van der Waals surface area contributed by atoms with E-state index in [1.54, 1.807) is 0 Å². The lowest BCUT2D eigenvalue weighted by molar-refractivity contribution is -0.151. The van der Waals surface area contributed by atoms with Gasteiger partial charge in [0, 0.05) is 6.42 Å². The molecule has 3 atom stereocenters. The van der Waals surface area contributed by atoms with Gasteiger partial charge in [0.1, 0.15) is 6.10 Å². The average molecular weight is 935 g/mol. The quantitative estimate of drug-likeness (QED) is 0.0244. The van der Waals surface area contributed by atoms with Gasteiger partial charge >= 0.3 is 5.97 Å². The Hall–Kier alpha value is -2.96. The SMILES string of the molecule is CCC/C=C/C=C/C=C/C=C/C=C/CCCCCC(CC(=O)NC(CO)C(O)CCCCCCCCCCCCCCCCC)OC(=O)CCCCCCCCC/C=C\C/C=C\CCCCC. The predicted molar refractivity (Wildman–Crippen MR) is 291 cm³/mol. The summed E-state index contributed by atoms with van der Waals surface area (Å²) in [6.45, 7) is 6.37. The minimum absolute atomic E-state index is 0.0429. The van der Waals surface area contributed by atoms with Crippen molar-refractivity contribution in [2.45, 2.75) is 283 Å². The average Bonchev–Trinajstić information content (AvgIpc) is 3.32. The zero-order valence-electron chi connectivity index (χ0n) is 44.0. The van der Waals surface area contributed by atoms with Gasteiger partial charge in [-0.25, -0.2) is 0 Å². The van der Waals surface area contributed by atoms with E-state index in [-0.39, 0.29) is 24.9 Å². The van der Waals surface area contributed by atoms with Crippen molar-refractivity contribution >= 4 is 11.9 Å². The second kappa shape index (κ2) is 54.0. The molecule has 0 radical (unpaired) electrons. The van der Waals surface area contributed by atoms with Crippen LogP contribution >= 0.6 is 0 Å². The van der Waals surface area contributed by atoms with Gasteiger partial charge < -0.3 is 20.3 Å². The van der Waals surface area contributed by atoms with Crippen LogP contribution < -0.4 is 5.32 Å². The number of aliphatic hydroxyl groups is 2. The highest BCUT2D eigenvalue weighted by Crippen LogP contribution is 2.18. The van der Waals surface area contributed by atoms with E-state index >= 15 is 0 Å². The molecule has 0 aliphatic heterocycles. The third kappa shape index (κ3) is 49.3. The topological polar surface area (TPSA) is 95.9 Å². The van der Waals surface area contributed by atoms with Gasteiger partial charge in [0.05, 0.1) is 25.2 Å². The maximum Gasteiger partial charge on any atom is 0.306 e. The number of hydrogen-bond acceptors (Lipinski definition) is 5. The van der Waals surface area contributed by atoms with Gasteiger partial charge in [0.25, 0.3) is 0 Å². The summed E-state index contributed by atoms with van der Waals surface area (Å²) in [5.74, 6) is -0.524. The van der Waals surface area contributed by atoms with Crippen molar-refractivity contribution in [3.05, 3.63) is 85.1 Å². The van der Waals surface area contributed by atoms with Crippen molar-refractivity contribution in [2.24, 2.45) is 0 Å². The van der Waals surface area contributed by atoms with E-state index in [2.05, 4.69) is 74.7 Å². The second-order valence-electron chi connectivity index (χ2n) is 19.1. The summed E-state index contributed by atoms with van der Waals surface area (Å²) in [6, 6.07) is -0.722. The Kier molecular flexibility index (Phi) is 51.6. The van der Waals surface area contributed by atoms with Crippen LogP contribution in [0, 0.1) is 0 Å². The Bertz CT molecular complexity index is 1280. The smallest absolute Gasteiger partial charge is 0.306 e. The fourth-order valence-corrected chi connectivity index (χ4v) is 8.26. The number of esters is 1. The Morgan fingerprint density at radius 1 is 0.448 bits per heavy atom. The lowest BCUT2D eigenvalue weighted by atomic mass is 10.0. The van der Waals surface area contributed by atoms with Crippen LogP contribution in [0.3, 0.4) is 0 Å². The highest BCUT2D eigenvalue weighted by molar-refractivity contribution is 5.77. The molecule has 0 saturated heterocycles. The zero-order valence-corrected chi connectivity index (χ0v) is 44.0. The number of nitrogens with one attached hydrogen (secondary N) is 1. The van der Waals surface area contributed by atoms with E-state index in [1.807, 2.05) is 36.5 Å². The molecule has 0 rings (SSSR count). The highest BCUT2D eigenvalue weighted by Gasteiger charge is 2.24. The first-order chi connectivity index (χ1) is 33.0. The Balaban J connectivity index is 4.67. The van der Waals surface area contributed by atoms with E-state index in [0.29, 0.717) is 19.3 Å². The first-order valence-corrected chi connectivity index (χ1v) is 28.4. The Labute approximate surface area is 414 Å². The summed E-state index contributed by atoms with van der Waals surface area (Å²) in [5.41, 5.74) is 0. The third-order valence-electron chi connectivity index (χ3n) is 12.6. The molecule has 0 aromatic heterocycles. The summed E-state index contributed by atoms with van der Waals surface area (Å²) < 4.78 is 5.94. The first-order valence-electron chi connectivity index (χ1n) is 28.4. The third-order valence-corrected chi connectivity index (χ3v) is 12.6. The molecule has 0 heterocycles. The van der Waals surface area contributed by atoms with E-state index in [4.69, 9.17) is 4.74 Å². The van der Waals surface area contributed by atoms with Crippen molar-refractivity contribution in [3.8, 4) is 0 Å². The number of unbranched alkanes of at least 4 members (excludes halogenated alkanes) is 28. The van der Waals surface area contributed by atoms with E-state index in [0.717, 1.165) is 83.5 Å². The molecule has 0 aliphatic carbocycles. The highest BCUT2D eigenvalue weighted by atomic mass is 16.5. The normalized spacial score (nSPS) is 13.8. The van der Waals surface area contributed by atoms with Crippen LogP contribution in [-0.4, -0.2) is 46.9 Å². The maximum atomic E-state index is 13.3. The summed E-state index contributed by atoms with van der Waals surface area (Å²) in [4.78, 5) is 26.3. The molecule has 67 heavy (non-hydrogen) atoms. The molecular weight excluding hydrogens is 827 g/mol. The van der Waals surface area contributed by atoms with Gasteiger partial charge in [-0.2, -0.15) is 0 Å². The summed E-state index contributed by atoms with van der Waals surface area (Å²) >= 11 is 0. The van der Waals surface area contributed by atoms with Gasteiger partial charge in [-0.05, 0) is 77.0 Å². The number of amides is 1. The number of rotatable bonds is 50. The van der Waals surface area contributed by atoms with Gasteiger partial charge in [0.15, 0.2) is 0 Å². The van der Waals surface area contributed by atoms with Crippen LogP contribution in [0.5, 0.6) is 0 Å². The molecule has 0 spiro atoms. The number of allylic oxidation sites excluding steroid dienone is 14. The molecule has 386 valence electrons. The number of carbonyl (C=O) groups excluding carboxylic acids is 2.